The van der Waals surface area contributed by atoms with E-state index in [9.17, 15) is 9.59 Å². The molecule has 0 unspecified atom stereocenters. The Kier molecular flexibility index (Phi) is 16.9. The van der Waals surface area contributed by atoms with Gasteiger partial charge in [-0.25, -0.2) is 0 Å². The number of nitrogens with two attached hydrogens (primary N) is 1. The van der Waals surface area contributed by atoms with Gasteiger partial charge in [0.25, 0.3) is 0 Å². The second-order valence-corrected chi connectivity index (χ2v) is 6.94. The van der Waals surface area contributed by atoms with Crippen molar-refractivity contribution < 1.29 is 19.4 Å². The van der Waals surface area contributed by atoms with Crippen molar-refractivity contribution in [3.8, 4) is 0 Å². The summed E-state index contributed by atoms with van der Waals surface area (Å²) in [6.45, 7) is 2.30. The summed E-state index contributed by atoms with van der Waals surface area (Å²) in [5.41, 5.74) is 5.40. The van der Waals surface area contributed by atoms with E-state index in [-0.39, 0.29) is 18.9 Å². The summed E-state index contributed by atoms with van der Waals surface area (Å²) >= 11 is 0. The maximum Gasteiger partial charge on any atom is 0.307 e. The Balaban J connectivity index is 3.34. The standard InChI is InChI=1S/C20H39NO4/c1-2-3-4-5-6-7-8-9-10-11-12-13-14-15-20(24)25-18(17-21)16-19(22)23/h18H,2-17,21H2,1H3,(H,22,23)/t18-/m0/s1. The fraction of sp³-hybridized carbons (Fsp3) is 0.900. The summed E-state index contributed by atoms with van der Waals surface area (Å²) in [5, 5.41) is 8.68. The predicted octanol–water partition coefficient (Wildman–Crippen LogP) is 4.81. The Morgan fingerprint density at radius 3 is 1.68 bits per heavy atom. The molecular weight excluding hydrogens is 318 g/mol. The van der Waals surface area contributed by atoms with E-state index in [0.717, 1.165) is 19.3 Å². The van der Waals surface area contributed by atoms with Gasteiger partial charge in [-0.15, -0.1) is 0 Å². The maximum atomic E-state index is 11.6. The molecule has 0 bridgehead atoms. The molecule has 148 valence electrons. The normalized spacial score (nSPS) is 12.1. The van der Waals surface area contributed by atoms with Crippen molar-refractivity contribution in [1.82, 2.24) is 0 Å². The minimum absolute atomic E-state index is 0.0522. The minimum Gasteiger partial charge on any atom is -0.481 e. The number of ether oxygens (including phenoxy) is 1. The number of carbonyl (C=O) groups is 2. The zero-order chi connectivity index (χ0) is 18.8. The Labute approximate surface area is 153 Å². The van der Waals surface area contributed by atoms with Gasteiger partial charge in [-0.3, -0.25) is 9.59 Å². The number of hydrogen-bond donors (Lipinski definition) is 2. The molecule has 5 heteroatoms. The van der Waals surface area contributed by atoms with Crippen molar-refractivity contribution in [2.24, 2.45) is 5.73 Å². The molecule has 25 heavy (non-hydrogen) atoms. The first kappa shape index (κ1) is 23.9. The Hall–Kier alpha value is -1.10. The van der Waals surface area contributed by atoms with E-state index in [2.05, 4.69) is 6.92 Å². The summed E-state index contributed by atoms with van der Waals surface area (Å²) in [6, 6.07) is 0. The number of esters is 1. The quantitative estimate of drug-likeness (QED) is 0.271. The molecular formula is C20H39NO4. The van der Waals surface area contributed by atoms with Gasteiger partial charge in [0.2, 0.25) is 0 Å². The van der Waals surface area contributed by atoms with Crippen LogP contribution in [-0.2, 0) is 14.3 Å². The molecule has 0 radical (unpaired) electrons. The van der Waals surface area contributed by atoms with Gasteiger partial charge in [0.05, 0.1) is 6.42 Å². The molecule has 3 N–H and O–H groups in total. The number of hydrogen-bond acceptors (Lipinski definition) is 4. The molecule has 5 nitrogen and oxygen atoms in total. The minimum atomic E-state index is -0.996. The number of carboxylic acids is 1. The van der Waals surface area contributed by atoms with Crippen LogP contribution in [0.2, 0.25) is 0 Å². The van der Waals surface area contributed by atoms with Gasteiger partial charge in [0.1, 0.15) is 6.10 Å². The highest BCUT2D eigenvalue weighted by molar-refractivity contribution is 5.71. The molecule has 0 spiro atoms. The van der Waals surface area contributed by atoms with Gasteiger partial charge >= 0.3 is 11.9 Å². The third kappa shape index (κ3) is 17.5. The molecule has 1 atom stereocenters. The van der Waals surface area contributed by atoms with Gasteiger partial charge in [-0.1, -0.05) is 84.0 Å². The average molecular weight is 358 g/mol. The van der Waals surface area contributed by atoms with E-state index in [4.69, 9.17) is 15.6 Å². The molecule has 0 saturated heterocycles. The average Bonchev–Trinajstić information content (AvgIpc) is 2.58. The lowest BCUT2D eigenvalue weighted by Crippen LogP contribution is -2.29. The zero-order valence-electron chi connectivity index (χ0n) is 16.1. The number of aliphatic carboxylic acids is 1. The van der Waals surface area contributed by atoms with Crippen molar-refractivity contribution in [2.45, 2.75) is 109 Å². The van der Waals surface area contributed by atoms with Crippen LogP contribution in [0.15, 0.2) is 0 Å². The van der Waals surface area contributed by atoms with Crippen LogP contribution < -0.4 is 5.73 Å². The lowest BCUT2D eigenvalue weighted by atomic mass is 10.0. The molecule has 0 aromatic carbocycles. The van der Waals surface area contributed by atoms with Crippen LogP contribution in [0.25, 0.3) is 0 Å². The summed E-state index contributed by atoms with van der Waals surface area (Å²) in [5.74, 6) is -1.33. The third-order valence-corrected chi connectivity index (χ3v) is 4.45. The first-order valence-electron chi connectivity index (χ1n) is 10.2. The first-order chi connectivity index (χ1) is 12.1. The topological polar surface area (TPSA) is 89.6 Å². The van der Waals surface area contributed by atoms with E-state index in [1.54, 1.807) is 0 Å². The summed E-state index contributed by atoms with van der Waals surface area (Å²) in [7, 11) is 0. The number of carboxylic acid groups (broad SMARTS) is 1. The lowest BCUT2D eigenvalue weighted by Gasteiger charge is -2.13. The molecule has 0 aromatic rings. The van der Waals surface area contributed by atoms with E-state index in [0.29, 0.717) is 6.42 Å². The van der Waals surface area contributed by atoms with Crippen molar-refractivity contribution in [3.05, 3.63) is 0 Å². The molecule has 0 aliphatic heterocycles. The van der Waals surface area contributed by atoms with Crippen LogP contribution in [0.5, 0.6) is 0 Å². The van der Waals surface area contributed by atoms with Crippen molar-refractivity contribution in [2.75, 3.05) is 6.54 Å². The highest BCUT2D eigenvalue weighted by Crippen LogP contribution is 2.13. The van der Waals surface area contributed by atoms with Crippen molar-refractivity contribution >= 4 is 11.9 Å². The Morgan fingerprint density at radius 1 is 0.840 bits per heavy atom. The lowest BCUT2D eigenvalue weighted by molar-refractivity contribution is -0.152. The highest BCUT2D eigenvalue weighted by Gasteiger charge is 2.15. The smallest absolute Gasteiger partial charge is 0.307 e. The Bertz CT molecular complexity index is 334. The maximum absolute atomic E-state index is 11.6. The van der Waals surface area contributed by atoms with E-state index >= 15 is 0 Å². The highest BCUT2D eigenvalue weighted by atomic mass is 16.5. The van der Waals surface area contributed by atoms with Gasteiger partial charge in [0.15, 0.2) is 0 Å². The first-order valence-corrected chi connectivity index (χ1v) is 10.2. The van der Waals surface area contributed by atoms with Crippen molar-refractivity contribution in [3.63, 3.8) is 0 Å². The second-order valence-electron chi connectivity index (χ2n) is 6.94. The van der Waals surface area contributed by atoms with Crippen LogP contribution in [-0.4, -0.2) is 29.7 Å². The summed E-state index contributed by atoms with van der Waals surface area (Å²) in [4.78, 5) is 22.2. The van der Waals surface area contributed by atoms with Crippen LogP contribution in [0.3, 0.4) is 0 Å². The van der Waals surface area contributed by atoms with Crippen LogP contribution >= 0.6 is 0 Å². The van der Waals surface area contributed by atoms with E-state index in [1.165, 1.54) is 64.2 Å². The van der Waals surface area contributed by atoms with Gasteiger partial charge in [-0.2, -0.15) is 0 Å². The number of carbonyl (C=O) groups excluding carboxylic acids is 1. The molecule has 0 aromatic heterocycles. The molecule has 0 aliphatic rings. The predicted molar refractivity (Wildman–Crippen MR) is 101 cm³/mol. The summed E-state index contributed by atoms with van der Waals surface area (Å²) < 4.78 is 5.07. The largest absolute Gasteiger partial charge is 0.481 e. The van der Waals surface area contributed by atoms with E-state index in [1.807, 2.05) is 0 Å². The molecule has 0 fully saturated rings. The molecule has 0 amide bonds. The van der Waals surface area contributed by atoms with Gasteiger partial charge in [0, 0.05) is 13.0 Å². The summed E-state index contributed by atoms with van der Waals surface area (Å²) in [6.07, 6.45) is 15.8. The SMILES string of the molecule is CCCCCCCCCCCCCCCC(=O)O[C@H](CN)CC(=O)O. The van der Waals surface area contributed by atoms with Gasteiger partial charge in [-0.05, 0) is 6.42 Å². The number of unbranched alkanes of at least 4 members (excludes halogenated alkanes) is 12. The molecule has 0 rings (SSSR count). The zero-order valence-corrected chi connectivity index (χ0v) is 16.1. The van der Waals surface area contributed by atoms with Crippen molar-refractivity contribution in [1.29, 1.82) is 0 Å². The van der Waals surface area contributed by atoms with E-state index < -0.39 is 12.1 Å². The second kappa shape index (κ2) is 17.7. The monoisotopic (exact) mass is 357 g/mol. The van der Waals surface area contributed by atoms with Crippen LogP contribution in [0, 0.1) is 0 Å². The van der Waals surface area contributed by atoms with Gasteiger partial charge < -0.3 is 15.6 Å². The van der Waals surface area contributed by atoms with Crippen LogP contribution in [0.1, 0.15) is 103 Å². The molecule has 0 saturated carbocycles. The Morgan fingerprint density at radius 2 is 1.28 bits per heavy atom. The van der Waals surface area contributed by atoms with Crippen LogP contribution in [0.4, 0.5) is 0 Å². The molecule has 0 aliphatic carbocycles. The number of rotatable bonds is 18. The fourth-order valence-corrected chi connectivity index (χ4v) is 2.90. The fourth-order valence-electron chi connectivity index (χ4n) is 2.90. The third-order valence-electron chi connectivity index (χ3n) is 4.45. The molecule has 0 heterocycles.